The van der Waals surface area contributed by atoms with E-state index in [2.05, 4.69) is 5.32 Å². The van der Waals surface area contributed by atoms with Gasteiger partial charge in [-0.3, -0.25) is 0 Å². The fourth-order valence-corrected chi connectivity index (χ4v) is 1.33. The molecule has 0 aromatic carbocycles. The Morgan fingerprint density at radius 1 is 1.43 bits per heavy atom. The van der Waals surface area contributed by atoms with Gasteiger partial charge in [-0.1, -0.05) is 13.8 Å². The van der Waals surface area contributed by atoms with E-state index in [1.54, 1.807) is 6.26 Å². The summed E-state index contributed by atoms with van der Waals surface area (Å²) >= 11 is 0. The summed E-state index contributed by atoms with van der Waals surface area (Å²) in [6.07, 6.45) is 3.20. The smallest absolute Gasteiger partial charge is 0.117 e. The molecule has 0 saturated heterocycles. The summed E-state index contributed by atoms with van der Waals surface area (Å²) in [6, 6.07) is 3.78. The Hall–Kier alpha value is -0.800. The van der Waals surface area contributed by atoms with Gasteiger partial charge in [0.2, 0.25) is 0 Å². The van der Waals surface area contributed by atoms with Crippen LogP contribution in [0.2, 0.25) is 0 Å². The van der Waals surface area contributed by atoms with Gasteiger partial charge in [0, 0.05) is 6.54 Å². The Morgan fingerprint density at radius 2 is 2.14 bits per heavy atom. The minimum Gasteiger partial charge on any atom is -0.468 e. The first-order chi connectivity index (χ1) is 6.70. The summed E-state index contributed by atoms with van der Waals surface area (Å²) in [6.45, 7) is 5.28. The Morgan fingerprint density at radius 3 is 2.64 bits per heavy atom. The third-order valence-corrected chi connectivity index (χ3v) is 2.65. The molecule has 0 unspecified atom stereocenters. The average Bonchev–Trinajstić information content (AvgIpc) is 2.70. The van der Waals surface area contributed by atoms with Crippen molar-refractivity contribution in [3.05, 3.63) is 24.2 Å². The van der Waals surface area contributed by atoms with Gasteiger partial charge in [0.05, 0.1) is 18.4 Å². The van der Waals surface area contributed by atoms with Crippen LogP contribution in [0.15, 0.2) is 22.8 Å². The molecule has 1 heterocycles. The minimum absolute atomic E-state index is 0.577. The van der Waals surface area contributed by atoms with Crippen molar-refractivity contribution >= 4 is 0 Å². The molecule has 3 heteroatoms. The molecule has 0 amide bonds. The highest BCUT2D eigenvalue weighted by Crippen LogP contribution is 2.13. The van der Waals surface area contributed by atoms with E-state index in [0.29, 0.717) is 13.1 Å². The highest BCUT2D eigenvalue weighted by molar-refractivity contribution is 4.97. The molecule has 1 aromatic heterocycles. The standard InChI is InChI=1S/C11H19NO2/c1-3-11(13,4-2)9-12-8-10-6-5-7-14-10/h5-7,12-13H,3-4,8-9H2,1-2H3. The van der Waals surface area contributed by atoms with E-state index in [9.17, 15) is 5.11 Å². The highest BCUT2D eigenvalue weighted by atomic mass is 16.3. The van der Waals surface area contributed by atoms with E-state index in [-0.39, 0.29) is 0 Å². The maximum absolute atomic E-state index is 9.96. The van der Waals surface area contributed by atoms with Crippen LogP contribution < -0.4 is 5.32 Å². The number of hydrogen-bond donors (Lipinski definition) is 2. The largest absolute Gasteiger partial charge is 0.468 e. The SMILES string of the molecule is CCC(O)(CC)CNCc1ccco1. The lowest BCUT2D eigenvalue weighted by atomic mass is 9.98. The average molecular weight is 197 g/mol. The van der Waals surface area contributed by atoms with Crippen LogP contribution in [-0.4, -0.2) is 17.3 Å². The van der Waals surface area contributed by atoms with E-state index < -0.39 is 5.60 Å². The molecule has 1 rings (SSSR count). The van der Waals surface area contributed by atoms with Crippen molar-refractivity contribution in [1.29, 1.82) is 0 Å². The molecule has 0 aliphatic rings. The van der Waals surface area contributed by atoms with Crippen LogP contribution in [0.25, 0.3) is 0 Å². The maximum Gasteiger partial charge on any atom is 0.117 e. The lowest BCUT2D eigenvalue weighted by molar-refractivity contribution is 0.0319. The number of nitrogens with one attached hydrogen (secondary N) is 1. The van der Waals surface area contributed by atoms with Gasteiger partial charge in [0.15, 0.2) is 0 Å². The van der Waals surface area contributed by atoms with Gasteiger partial charge in [-0.2, -0.15) is 0 Å². The highest BCUT2D eigenvalue weighted by Gasteiger charge is 2.21. The first-order valence-electron chi connectivity index (χ1n) is 5.15. The molecule has 0 fully saturated rings. The number of furan rings is 1. The maximum atomic E-state index is 9.96. The van der Waals surface area contributed by atoms with E-state index >= 15 is 0 Å². The van der Waals surface area contributed by atoms with E-state index in [0.717, 1.165) is 18.6 Å². The van der Waals surface area contributed by atoms with Gasteiger partial charge < -0.3 is 14.8 Å². The molecule has 2 N–H and O–H groups in total. The van der Waals surface area contributed by atoms with Crippen molar-refractivity contribution in [1.82, 2.24) is 5.32 Å². The normalized spacial score (nSPS) is 11.9. The molecule has 0 saturated carbocycles. The van der Waals surface area contributed by atoms with Crippen LogP contribution in [-0.2, 0) is 6.54 Å². The van der Waals surface area contributed by atoms with E-state index in [1.165, 1.54) is 0 Å². The van der Waals surface area contributed by atoms with Crippen molar-refractivity contribution in [2.45, 2.75) is 38.8 Å². The van der Waals surface area contributed by atoms with E-state index in [1.807, 2.05) is 26.0 Å². The second-order valence-electron chi connectivity index (χ2n) is 3.61. The fraction of sp³-hybridized carbons (Fsp3) is 0.636. The summed E-state index contributed by atoms with van der Waals surface area (Å²) < 4.78 is 5.17. The van der Waals surface area contributed by atoms with E-state index in [4.69, 9.17) is 4.42 Å². The molecule has 3 nitrogen and oxygen atoms in total. The molecular formula is C11H19NO2. The zero-order valence-corrected chi connectivity index (χ0v) is 8.92. The Balaban J connectivity index is 2.27. The second kappa shape index (κ2) is 5.17. The molecule has 0 aliphatic carbocycles. The van der Waals surface area contributed by atoms with Crippen molar-refractivity contribution in [2.24, 2.45) is 0 Å². The van der Waals surface area contributed by atoms with Crippen LogP contribution in [0.5, 0.6) is 0 Å². The molecule has 14 heavy (non-hydrogen) atoms. The molecule has 1 aromatic rings. The quantitative estimate of drug-likeness (QED) is 0.732. The molecule has 0 atom stereocenters. The number of aliphatic hydroxyl groups is 1. The molecule has 0 aliphatic heterocycles. The fourth-order valence-electron chi connectivity index (χ4n) is 1.33. The summed E-state index contributed by atoms with van der Waals surface area (Å²) in [5, 5.41) is 13.2. The van der Waals surface area contributed by atoms with Crippen molar-refractivity contribution in [3.8, 4) is 0 Å². The number of rotatable bonds is 6. The molecular weight excluding hydrogens is 178 g/mol. The molecule has 0 radical (unpaired) electrons. The summed E-state index contributed by atoms with van der Waals surface area (Å²) in [5.74, 6) is 0.902. The first-order valence-corrected chi connectivity index (χ1v) is 5.15. The lowest BCUT2D eigenvalue weighted by Gasteiger charge is -2.25. The second-order valence-corrected chi connectivity index (χ2v) is 3.61. The topological polar surface area (TPSA) is 45.4 Å². The third-order valence-electron chi connectivity index (χ3n) is 2.65. The van der Waals surface area contributed by atoms with Crippen molar-refractivity contribution in [3.63, 3.8) is 0 Å². The molecule has 0 spiro atoms. The van der Waals surface area contributed by atoms with Crippen molar-refractivity contribution in [2.75, 3.05) is 6.54 Å². The zero-order valence-electron chi connectivity index (χ0n) is 8.92. The van der Waals surface area contributed by atoms with Gasteiger partial charge in [0.1, 0.15) is 5.76 Å². The van der Waals surface area contributed by atoms with Crippen LogP contribution in [0.3, 0.4) is 0 Å². The van der Waals surface area contributed by atoms with Crippen LogP contribution in [0, 0.1) is 0 Å². The molecule has 0 bridgehead atoms. The van der Waals surface area contributed by atoms with Crippen molar-refractivity contribution < 1.29 is 9.52 Å². The summed E-state index contributed by atoms with van der Waals surface area (Å²) in [5.41, 5.74) is -0.577. The van der Waals surface area contributed by atoms with Gasteiger partial charge >= 0.3 is 0 Å². The van der Waals surface area contributed by atoms with Crippen LogP contribution >= 0.6 is 0 Å². The van der Waals surface area contributed by atoms with Crippen LogP contribution in [0.4, 0.5) is 0 Å². The van der Waals surface area contributed by atoms with Crippen LogP contribution in [0.1, 0.15) is 32.4 Å². The van der Waals surface area contributed by atoms with Gasteiger partial charge in [-0.05, 0) is 25.0 Å². The zero-order chi connectivity index (χ0) is 10.4. The predicted molar refractivity (Wildman–Crippen MR) is 55.9 cm³/mol. The first kappa shape index (κ1) is 11.3. The summed E-state index contributed by atoms with van der Waals surface area (Å²) in [4.78, 5) is 0. The Kier molecular flexibility index (Phi) is 4.17. The van der Waals surface area contributed by atoms with Gasteiger partial charge in [-0.15, -0.1) is 0 Å². The summed E-state index contributed by atoms with van der Waals surface area (Å²) in [7, 11) is 0. The Labute approximate surface area is 85.1 Å². The monoisotopic (exact) mass is 197 g/mol. The molecule has 80 valence electrons. The Bertz CT molecular complexity index is 240. The third kappa shape index (κ3) is 3.16. The number of hydrogen-bond acceptors (Lipinski definition) is 3. The van der Waals surface area contributed by atoms with Gasteiger partial charge in [-0.25, -0.2) is 0 Å². The minimum atomic E-state index is -0.577. The van der Waals surface area contributed by atoms with Gasteiger partial charge in [0.25, 0.3) is 0 Å². The lowest BCUT2D eigenvalue weighted by Crippen LogP contribution is -2.39. The predicted octanol–water partition coefficient (Wildman–Crippen LogP) is 1.92.